The molecule has 1 aliphatic heterocycles. The number of carbonyl (C=O) groups excluding carboxylic acids is 1. The second kappa shape index (κ2) is 6.22. The zero-order valence-electron chi connectivity index (χ0n) is 13.6. The summed E-state index contributed by atoms with van der Waals surface area (Å²) in [7, 11) is 0. The van der Waals surface area contributed by atoms with E-state index in [0.717, 1.165) is 16.8 Å². The van der Waals surface area contributed by atoms with E-state index in [2.05, 4.69) is 10.3 Å². The van der Waals surface area contributed by atoms with Crippen LogP contribution in [0, 0.1) is 6.92 Å². The molecular formula is C20H16ClN3O. The van der Waals surface area contributed by atoms with Crippen LogP contribution in [0.1, 0.15) is 27.7 Å². The van der Waals surface area contributed by atoms with Gasteiger partial charge in [-0.05, 0) is 36.8 Å². The molecule has 0 aliphatic carbocycles. The molecule has 0 spiro atoms. The summed E-state index contributed by atoms with van der Waals surface area (Å²) in [6.07, 6.45) is 1.40. The van der Waals surface area contributed by atoms with Gasteiger partial charge in [0.2, 0.25) is 0 Å². The summed E-state index contributed by atoms with van der Waals surface area (Å²) in [6.45, 7) is 1.97. The lowest BCUT2D eigenvalue weighted by Gasteiger charge is -2.26. The highest BCUT2D eigenvalue weighted by atomic mass is 35.5. The van der Waals surface area contributed by atoms with Gasteiger partial charge in [0.25, 0.3) is 5.91 Å². The summed E-state index contributed by atoms with van der Waals surface area (Å²) in [5, 5.41) is 4.00. The number of nitrogens with one attached hydrogen (secondary N) is 1. The fourth-order valence-electron chi connectivity index (χ4n) is 3.02. The Bertz CT molecular complexity index is 940. The number of pyridine rings is 1. The Labute approximate surface area is 151 Å². The summed E-state index contributed by atoms with van der Waals surface area (Å²) in [6, 6.07) is 18.9. The van der Waals surface area contributed by atoms with Crippen LogP contribution in [-0.4, -0.2) is 10.9 Å². The van der Waals surface area contributed by atoms with Crippen LogP contribution in [0.3, 0.4) is 0 Å². The standard InChI is InChI=1S/C20H16ClN3O/c1-13-10-11-18(22-12-13)24-19(23-17-9-5-4-8-16(17)21)14-6-2-3-7-15(14)20(24)25/h2-12,19,23H,1H3/t19-/m1/s1. The van der Waals surface area contributed by atoms with Crippen LogP contribution < -0.4 is 10.2 Å². The highest BCUT2D eigenvalue weighted by Crippen LogP contribution is 2.38. The van der Waals surface area contributed by atoms with Crippen molar-refractivity contribution in [3.8, 4) is 0 Å². The molecule has 4 rings (SSSR count). The lowest BCUT2D eigenvalue weighted by molar-refractivity contribution is 0.0992. The third kappa shape index (κ3) is 2.75. The normalized spacial score (nSPS) is 16.0. The Balaban J connectivity index is 1.80. The van der Waals surface area contributed by atoms with Crippen molar-refractivity contribution < 1.29 is 4.79 Å². The number of carbonyl (C=O) groups is 1. The molecular weight excluding hydrogens is 334 g/mol. The molecule has 0 fully saturated rings. The van der Waals surface area contributed by atoms with Crippen molar-refractivity contribution in [2.24, 2.45) is 0 Å². The van der Waals surface area contributed by atoms with Crippen LogP contribution in [0.2, 0.25) is 5.02 Å². The molecule has 0 saturated carbocycles. The molecule has 0 bridgehead atoms. The van der Waals surface area contributed by atoms with Gasteiger partial charge in [-0.25, -0.2) is 4.98 Å². The Kier molecular flexibility index (Phi) is 3.90. The summed E-state index contributed by atoms with van der Waals surface area (Å²) in [5.41, 5.74) is 3.41. The smallest absolute Gasteiger partial charge is 0.261 e. The number of para-hydroxylation sites is 1. The Morgan fingerprint density at radius 3 is 2.56 bits per heavy atom. The highest BCUT2D eigenvalue weighted by molar-refractivity contribution is 6.33. The van der Waals surface area contributed by atoms with E-state index in [1.54, 1.807) is 11.1 Å². The molecule has 0 unspecified atom stereocenters. The Morgan fingerprint density at radius 2 is 1.80 bits per heavy atom. The molecule has 124 valence electrons. The maximum absolute atomic E-state index is 13.0. The highest BCUT2D eigenvalue weighted by Gasteiger charge is 2.38. The average Bonchev–Trinajstić information content (AvgIpc) is 2.90. The number of amides is 1. The number of halogens is 1. The van der Waals surface area contributed by atoms with Gasteiger partial charge in [-0.15, -0.1) is 0 Å². The molecule has 0 radical (unpaired) electrons. The van der Waals surface area contributed by atoms with Crippen LogP contribution >= 0.6 is 11.6 Å². The van der Waals surface area contributed by atoms with Crippen molar-refractivity contribution in [2.75, 3.05) is 10.2 Å². The first-order chi connectivity index (χ1) is 12.1. The van der Waals surface area contributed by atoms with E-state index >= 15 is 0 Å². The number of hydrogen-bond acceptors (Lipinski definition) is 3. The molecule has 4 nitrogen and oxygen atoms in total. The predicted octanol–water partition coefficient (Wildman–Crippen LogP) is 4.81. The molecule has 2 aromatic carbocycles. The maximum atomic E-state index is 13.0. The largest absolute Gasteiger partial charge is 0.360 e. The van der Waals surface area contributed by atoms with Crippen molar-refractivity contribution >= 4 is 29.0 Å². The fourth-order valence-corrected chi connectivity index (χ4v) is 3.21. The third-order valence-corrected chi connectivity index (χ3v) is 4.60. The number of aryl methyl sites for hydroxylation is 1. The van der Waals surface area contributed by atoms with Crippen LogP contribution in [-0.2, 0) is 0 Å². The second-order valence-electron chi connectivity index (χ2n) is 5.98. The van der Waals surface area contributed by atoms with Gasteiger partial charge in [0.15, 0.2) is 0 Å². The molecule has 1 amide bonds. The Morgan fingerprint density at radius 1 is 1.04 bits per heavy atom. The molecule has 2 heterocycles. The monoisotopic (exact) mass is 349 g/mol. The third-order valence-electron chi connectivity index (χ3n) is 4.27. The molecule has 1 N–H and O–H groups in total. The van der Waals surface area contributed by atoms with Crippen LogP contribution in [0.5, 0.6) is 0 Å². The van der Waals surface area contributed by atoms with E-state index in [9.17, 15) is 4.79 Å². The summed E-state index contributed by atoms with van der Waals surface area (Å²) in [5.74, 6) is 0.535. The van der Waals surface area contributed by atoms with Crippen molar-refractivity contribution in [3.63, 3.8) is 0 Å². The second-order valence-corrected chi connectivity index (χ2v) is 6.39. The van der Waals surface area contributed by atoms with Gasteiger partial charge < -0.3 is 5.32 Å². The maximum Gasteiger partial charge on any atom is 0.261 e. The van der Waals surface area contributed by atoms with Crippen molar-refractivity contribution in [3.05, 3.63) is 88.6 Å². The molecule has 0 saturated heterocycles. The lowest BCUT2D eigenvalue weighted by Crippen LogP contribution is -2.33. The summed E-state index contributed by atoms with van der Waals surface area (Å²) >= 11 is 6.30. The van der Waals surface area contributed by atoms with Crippen molar-refractivity contribution in [1.82, 2.24) is 4.98 Å². The number of rotatable bonds is 3. The number of nitrogens with zero attached hydrogens (tertiary/aromatic N) is 2. The van der Waals surface area contributed by atoms with Crippen LogP contribution in [0.4, 0.5) is 11.5 Å². The van der Waals surface area contributed by atoms with Gasteiger partial charge in [0, 0.05) is 17.3 Å². The summed E-state index contributed by atoms with van der Waals surface area (Å²) < 4.78 is 0. The van der Waals surface area contributed by atoms with E-state index in [0.29, 0.717) is 16.4 Å². The van der Waals surface area contributed by atoms with Crippen LogP contribution in [0.25, 0.3) is 0 Å². The first-order valence-corrected chi connectivity index (χ1v) is 8.39. The predicted molar refractivity (Wildman–Crippen MR) is 100 cm³/mol. The Hall–Kier alpha value is -2.85. The van der Waals surface area contributed by atoms with Gasteiger partial charge in [-0.2, -0.15) is 0 Å². The zero-order valence-corrected chi connectivity index (χ0v) is 14.4. The van der Waals surface area contributed by atoms with E-state index in [4.69, 9.17) is 11.6 Å². The van der Waals surface area contributed by atoms with Crippen molar-refractivity contribution in [2.45, 2.75) is 13.1 Å². The zero-order chi connectivity index (χ0) is 17.4. The number of fused-ring (bicyclic) bond motifs is 1. The SMILES string of the molecule is Cc1ccc(N2C(=O)c3ccccc3[C@@H]2Nc2ccccc2Cl)nc1. The number of benzene rings is 2. The minimum atomic E-state index is -0.362. The quantitative estimate of drug-likeness (QED) is 0.737. The number of anilines is 2. The van der Waals surface area contributed by atoms with Gasteiger partial charge in [-0.3, -0.25) is 9.69 Å². The average molecular weight is 350 g/mol. The molecule has 1 aromatic heterocycles. The van der Waals surface area contributed by atoms with E-state index in [1.165, 1.54) is 0 Å². The molecule has 5 heteroatoms. The fraction of sp³-hybridized carbons (Fsp3) is 0.100. The van der Waals surface area contributed by atoms with E-state index in [1.807, 2.05) is 67.6 Å². The van der Waals surface area contributed by atoms with Crippen molar-refractivity contribution in [1.29, 1.82) is 0 Å². The van der Waals surface area contributed by atoms with Crippen LogP contribution in [0.15, 0.2) is 66.9 Å². The van der Waals surface area contributed by atoms with Gasteiger partial charge in [0.1, 0.15) is 12.0 Å². The van der Waals surface area contributed by atoms with Gasteiger partial charge in [-0.1, -0.05) is 48.0 Å². The molecule has 3 aromatic rings. The molecule has 25 heavy (non-hydrogen) atoms. The van der Waals surface area contributed by atoms with Gasteiger partial charge in [0.05, 0.1) is 10.7 Å². The number of hydrogen-bond donors (Lipinski definition) is 1. The number of aromatic nitrogens is 1. The minimum absolute atomic E-state index is 0.0727. The first-order valence-electron chi connectivity index (χ1n) is 8.01. The molecule has 1 atom stereocenters. The minimum Gasteiger partial charge on any atom is -0.360 e. The van der Waals surface area contributed by atoms with E-state index < -0.39 is 0 Å². The topological polar surface area (TPSA) is 45.2 Å². The van der Waals surface area contributed by atoms with Gasteiger partial charge >= 0.3 is 0 Å². The lowest BCUT2D eigenvalue weighted by atomic mass is 10.1. The van der Waals surface area contributed by atoms with E-state index in [-0.39, 0.29) is 12.1 Å². The first kappa shape index (κ1) is 15.7. The molecule has 1 aliphatic rings. The summed E-state index contributed by atoms with van der Waals surface area (Å²) in [4.78, 5) is 19.1.